The Balaban J connectivity index is 3.77. The molecule has 0 aromatic heterocycles. The summed E-state index contributed by atoms with van der Waals surface area (Å²) in [5, 5.41) is 0. The van der Waals surface area contributed by atoms with Crippen molar-refractivity contribution in [3.8, 4) is 0 Å². The monoisotopic (exact) mass is 223 g/mol. The number of hydrogen-bond donors (Lipinski definition) is 1. The Morgan fingerprint density at radius 2 is 1.86 bits per heavy atom. The molecule has 0 aliphatic carbocycles. The van der Waals surface area contributed by atoms with Gasteiger partial charge in [0.2, 0.25) is 10.0 Å². The van der Waals surface area contributed by atoms with Crippen LogP contribution in [0.3, 0.4) is 0 Å². The second-order valence-electron chi connectivity index (χ2n) is 4.35. The maximum atomic E-state index is 10.9. The van der Waals surface area contributed by atoms with Gasteiger partial charge in [-0.05, 0) is 5.41 Å². The summed E-state index contributed by atoms with van der Waals surface area (Å²) in [5.74, 6) is -0.642. The van der Waals surface area contributed by atoms with E-state index in [0.717, 1.165) is 6.26 Å². The predicted octanol–water partition coefficient (Wildman–Crippen LogP) is 0.125. The first-order valence-electron chi connectivity index (χ1n) is 4.18. The summed E-state index contributed by atoms with van der Waals surface area (Å²) < 4.78 is 28.1. The van der Waals surface area contributed by atoms with Gasteiger partial charge in [0.15, 0.2) is 0 Å². The molecule has 0 rings (SSSR count). The Kier molecular flexibility index (Phi) is 4.54. The van der Waals surface area contributed by atoms with Crippen molar-refractivity contribution in [2.75, 3.05) is 19.5 Å². The van der Waals surface area contributed by atoms with Crippen molar-refractivity contribution in [2.45, 2.75) is 20.8 Å². The van der Waals surface area contributed by atoms with Crippen LogP contribution in [-0.2, 0) is 19.6 Å². The lowest BCUT2D eigenvalue weighted by Crippen LogP contribution is -2.33. The van der Waals surface area contributed by atoms with Crippen LogP contribution in [0.25, 0.3) is 0 Å². The summed E-state index contributed by atoms with van der Waals surface area (Å²) in [5.41, 5.74) is -0.0363. The van der Waals surface area contributed by atoms with Gasteiger partial charge in [0, 0.05) is 0 Å². The first-order chi connectivity index (χ1) is 6.10. The van der Waals surface area contributed by atoms with E-state index < -0.39 is 15.9 Å². The quantitative estimate of drug-likeness (QED) is 0.735. The van der Waals surface area contributed by atoms with Gasteiger partial charge < -0.3 is 4.74 Å². The first-order valence-corrected chi connectivity index (χ1v) is 6.08. The van der Waals surface area contributed by atoms with Crippen LogP contribution >= 0.6 is 0 Å². The van der Waals surface area contributed by atoms with E-state index in [-0.39, 0.29) is 12.0 Å². The molecule has 0 aromatic carbocycles. The Bertz CT molecular complexity index is 289. The van der Waals surface area contributed by atoms with Crippen LogP contribution in [0.15, 0.2) is 0 Å². The van der Waals surface area contributed by atoms with Crippen molar-refractivity contribution in [2.24, 2.45) is 5.41 Å². The minimum atomic E-state index is -3.47. The summed E-state index contributed by atoms with van der Waals surface area (Å²) in [6, 6.07) is 0. The maximum Gasteiger partial charge on any atom is 0.259 e. The Morgan fingerprint density at radius 1 is 1.36 bits per heavy atom. The van der Waals surface area contributed by atoms with Crippen LogP contribution in [0.5, 0.6) is 0 Å². The molecule has 0 atom stereocenters. The molecule has 0 saturated carbocycles. The van der Waals surface area contributed by atoms with E-state index in [2.05, 4.69) is 0 Å². The van der Waals surface area contributed by atoms with Gasteiger partial charge in [0.05, 0.1) is 12.9 Å². The highest BCUT2D eigenvalue weighted by Gasteiger charge is 2.13. The highest BCUT2D eigenvalue weighted by Crippen LogP contribution is 2.12. The predicted molar refractivity (Wildman–Crippen MR) is 53.3 cm³/mol. The average molecular weight is 223 g/mol. The first kappa shape index (κ1) is 13.4. The summed E-state index contributed by atoms with van der Waals surface area (Å²) in [4.78, 5) is 10.9. The third-order valence-corrected chi connectivity index (χ3v) is 1.67. The number of rotatable bonds is 4. The van der Waals surface area contributed by atoms with Crippen molar-refractivity contribution in [3.63, 3.8) is 0 Å². The molecule has 0 aliphatic rings. The lowest BCUT2D eigenvalue weighted by Gasteiger charge is -2.17. The molecule has 0 fully saturated rings. The van der Waals surface area contributed by atoms with Crippen molar-refractivity contribution < 1.29 is 17.9 Å². The Hall–Kier alpha value is -0.620. The fourth-order valence-electron chi connectivity index (χ4n) is 0.686. The summed E-state index contributed by atoms with van der Waals surface area (Å²) in [6.45, 7) is 6.05. The van der Waals surface area contributed by atoms with Crippen LogP contribution < -0.4 is 4.72 Å². The second-order valence-corrected chi connectivity index (χ2v) is 6.10. The number of sulfonamides is 1. The highest BCUT2D eigenvalue weighted by atomic mass is 32.2. The van der Waals surface area contributed by atoms with Gasteiger partial charge in [-0.2, -0.15) is 0 Å². The fourth-order valence-corrected chi connectivity index (χ4v) is 1.16. The third kappa shape index (κ3) is 9.47. The average Bonchev–Trinajstić information content (AvgIpc) is 1.78. The molecular formula is C8H17NO4S. The smallest absolute Gasteiger partial charge is 0.259 e. The number of nitrogens with one attached hydrogen (secondary N) is 1. The zero-order chi connectivity index (χ0) is 11.4. The Morgan fingerprint density at radius 3 is 2.21 bits per heavy atom. The van der Waals surface area contributed by atoms with Crippen molar-refractivity contribution in [3.05, 3.63) is 0 Å². The molecule has 0 unspecified atom stereocenters. The summed E-state index contributed by atoms with van der Waals surface area (Å²) in [6.07, 6.45) is 0.925. The molecule has 0 heterocycles. The van der Waals surface area contributed by atoms with Gasteiger partial charge >= 0.3 is 0 Å². The minimum Gasteiger partial charge on any atom is -0.371 e. The van der Waals surface area contributed by atoms with Gasteiger partial charge in [0.25, 0.3) is 5.91 Å². The number of carbonyl (C=O) groups excluding carboxylic acids is 1. The fraction of sp³-hybridized carbons (Fsp3) is 0.875. The zero-order valence-corrected chi connectivity index (χ0v) is 9.77. The van der Waals surface area contributed by atoms with E-state index in [9.17, 15) is 13.2 Å². The molecule has 0 spiro atoms. The number of carbonyl (C=O) groups is 1. The molecule has 0 saturated heterocycles. The van der Waals surface area contributed by atoms with E-state index >= 15 is 0 Å². The van der Waals surface area contributed by atoms with Crippen LogP contribution in [0, 0.1) is 5.41 Å². The van der Waals surface area contributed by atoms with Crippen LogP contribution in [0.4, 0.5) is 0 Å². The van der Waals surface area contributed by atoms with Gasteiger partial charge in [-0.1, -0.05) is 20.8 Å². The van der Waals surface area contributed by atoms with Gasteiger partial charge in [-0.25, -0.2) is 8.42 Å². The molecule has 0 radical (unpaired) electrons. The zero-order valence-electron chi connectivity index (χ0n) is 8.96. The maximum absolute atomic E-state index is 10.9. The van der Waals surface area contributed by atoms with Gasteiger partial charge in [-0.3, -0.25) is 9.52 Å². The SMILES string of the molecule is CC(C)(C)COCC(=O)NS(C)(=O)=O. The summed E-state index contributed by atoms with van der Waals surface area (Å²) >= 11 is 0. The number of hydrogen-bond acceptors (Lipinski definition) is 4. The number of ether oxygens (including phenoxy) is 1. The van der Waals surface area contributed by atoms with Crippen molar-refractivity contribution in [1.82, 2.24) is 4.72 Å². The van der Waals surface area contributed by atoms with E-state index in [1.807, 2.05) is 25.5 Å². The highest BCUT2D eigenvalue weighted by molar-refractivity contribution is 7.89. The lowest BCUT2D eigenvalue weighted by molar-refractivity contribution is -0.124. The van der Waals surface area contributed by atoms with Crippen molar-refractivity contribution >= 4 is 15.9 Å². The molecular weight excluding hydrogens is 206 g/mol. The van der Waals surface area contributed by atoms with Crippen LogP contribution in [0.1, 0.15) is 20.8 Å². The molecule has 84 valence electrons. The molecule has 6 heteroatoms. The lowest BCUT2D eigenvalue weighted by atomic mass is 9.99. The van der Waals surface area contributed by atoms with Crippen molar-refractivity contribution in [1.29, 1.82) is 0 Å². The standard InChI is InChI=1S/C8H17NO4S/c1-8(2,3)6-13-5-7(10)9-14(4,11)12/h5-6H2,1-4H3,(H,9,10). The normalized spacial score (nSPS) is 12.6. The molecule has 5 nitrogen and oxygen atoms in total. The molecule has 0 bridgehead atoms. The van der Waals surface area contributed by atoms with E-state index in [1.54, 1.807) is 0 Å². The number of amides is 1. The molecule has 14 heavy (non-hydrogen) atoms. The molecule has 1 amide bonds. The largest absolute Gasteiger partial charge is 0.371 e. The van der Waals surface area contributed by atoms with Crippen LogP contribution in [0.2, 0.25) is 0 Å². The molecule has 1 N–H and O–H groups in total. The minimum absolute atomic E-state index is 0.0363. The van der Waals surface area contributed by atoms with E-state index in [4.69, 9.17) is 4.74 Å². The van der Waals surface area contributed by atoms with Gasteiger partial charge in [0.1, 0.15) is 6.61 Å². The molecule has 0 aliphatic heterocycles. The van der Waals surface area contributed by atoms with E-state index in [0.29, 0.717) is 6.61 Å². The van der Waals surface area contributed by atoms with E-state index in [1.165, 1.54) is 0 Å². The summed E-state index contributed by atoms with van der Waals surface area (Å²) in [7, 11) is -3.47. The third-order valence-electron chi connectivity index (χ3n) is 1.07. The molecule has 0 aromatic rings. The topological polar surface area (TPSA) is 72.5 Å². The van der Waals surface area contributed by atoms with Gasteiger partial charge in [-0.15, -0.1) is 0 Å². The second kappa shape index (κ2) is 4.75. The Labute approximate surface area is 84.9 Å². The van der Waals surface area contributed by atoms with Crippen LogP contribution in [-0.4, -0.2) is 33.8 Å².